The second-order valence-corrected chi connectivity index (χ2v) is 15.9. The molecular formula is C35H43N7O3S. The molecule has 1 aliphatic carbocycles. The number of H-pyrrole nitrogens is 1. The van der Waals surface area contributed by atoms with E-state index in [0.717, 1.165) is 55.3 Å². The lowest BCUT2D eigenvalue weighted by atomic mass is 9.60. The van der Waals surface area contributed by atoms with Gasteiger partial charge in [-0.3, -0.25) is 0 Å². The summed E-state index contributed by atoms with van der Waals surface area (Å²) >= 11 is 1.86. The second kappa shape index (κ2) is 10.9. The van der Waals surface area contributed by atoms with Crippen LogP contribution < -0.4 is 4.90 Å². The first kappa shape index (κ1) is 29.7. The number of anilines is 1. The van der Waals surface area contributed by atoms with Crippen molar-refractivity contribution in [3.63, 3.8) is 0 Å². The number of phenolic OH excluding ortho intramolecular Hbond substituents is 1. The van der Waals surface area contributed by atoms with E-state index in [1.165, 1.54) is 41.8 Å². The van der Waals surface area contributed by atoms with Gasteiger partial charge in [0.1, 0.15) is 11.4 Å². The van der Waals surface area contributed by atoms with Gasteiger partial charge in [-0.05, 0) is 90.6 Å². The number of aromatic hydroxyl groups is 1. The molecule has 2 saturated heterocycles. The molecule has 242 valence electrons. The number of benzene rings is 1. The van der Waals surface area contributed by atoms with Gasteiger partial charge in [-0.2, -0.15) is 0 Å². The summed E-state index contributed by atoms with van der Waals surface area (Å²) in [6.07, 6.45) is 7.59. The van der Waals surface area contributed by atoms with Gasteiger partial charge in [0.15, 0.2) is 10.8 Å². The van der Waals surface area contributed by atoms with Gasteiger partial charge in [-0.25, -0.2) is 9.78 Å². The summed E-state index contributed by atoms with van der Waals surface area (Å²) < 4.78 is 5.55. The van der Waals surface area contributed by atoms with E-state index >= 15 is 0 Å². The number of carbonyl (C=O) groups excluding carboxylic acids is 1. The first-order valence-corrected chi connectivity index (χ1v) is 17.5. The highest BCUT2D eigenvalue weighted by Crippen LogP contribution is 2.51. The number of thiazole rings is 1. The van der Waals surface area contributed by atoms with Crippen LogP contribution in [0.25, 0.3) is 22.3 Å². The van der Waals surface area contributed by atoms with E-state index in [0.29, 0.717) is 28.6 Å². The predicted octanol–water partition coefficient (Wildman–Crippen LogP) is 6.49. The largest absolute Gasteiger partial charge is 0.507 e. The molecule has 1 saturated carbocycles. The molecule has 3 aromatic heterocycles. The van der Waals surface area contributed by atoms with Crippen LogP contribution in [0.2, 0.25) is 0 Å². The number of aromatic amines is 1. The minimum absolute atomic E-state index is 0.142. The Hall–Kier alpha value is -3.70. The van der Waals surface area contributed by atoms with Crippen LogP contribution in [0.5, 0.6) is 5.75 Å². The molecule has 1 atom stereocenters. The second-order valence-electron chi connectivity index (χ2n) is 14.9. The molecule has 11 heteroatoms. The third kappa shape index (κ3) is 5.21. The first-order valence-electron chi connectivity index (χ1n) is 16.7. The molecular weight excluding hydrogens is 598 g/mol. The van der Waals surface area contributed by atoms with E-state index in [9.17, 15) is 9.90 Å². The monoisotopic (exact) mass is 641 g/mol. The van der Waals surface area contributed by atoms with E-state index in [-0.39, 0.29) is 17.9 Å². The lowest BCUT2D eigenvalue weighted by Crippen LogP contribution is -2.68. The van der Waals surface area contributed by atoms with Gasteiger partial charge >= 0.3 is 6.09 Å². The molecule has 3 fully saturated rings. The van der Waals surface area contributed by atoms with Crippen LogP contribution in [0.1, 0.15) is 81.5 Å². The molecule has 4 aliphatic rings. The summed E-state index contributed by atoms with van der Waals surface area (Å²) in [7, 11) is 0. The molecule has 0 radical (unpaired) electrons. The number of ether oxygens (including phenoxy) is 1. The summed E-state index contributed by atoms with van der Waals surface area (Å²) in [5.41, 5.74) is 4.49. The minimum Gasteiger partial charge on any atom is -0.507 e. The molecule has 0 bridgehead atoms. The molecule has 2 N–H and O–H groups in total. The third-order valence-corrected chi connectivity index (χ3v) is 11.8. The molecule has 46 heavy (non-hydrogen) atoms. The van der Waals surface area contributed by atoms with E-state index in [1.54, 1.807) is 6.07 Å². The van der Waals surface area contributed by atoms with Crippen LogP contribution in [0, 0.1) is 5.41 Å². The number of nitrogens with zero attached hydrogens (tertiary/aromatic N) is 6. The maximum Gasteiger partial charge on any atom is 0.410 e. The Bertz CT molecular complexity index is 1770. The van der Waals surface area contributed by atoms with Crippen molar-refractivity contribution in [2.24, 2.45) is 5.41 Å². The summed E-state index contributed by atoms with van der Waals surface area (Å²) in [5.74, 6) is 0.765. The normalized spacial score (nSPS) is 22.1. The van der Waals surface area contributed by atoms with Crippen molar-refractivity contribution in [1.82, 2.24) is 30.0 Å². The predicted molar refractivity (Wildman–Crippen MR) is 179 cm³/mol. The fraction of sp³-hybridized carbons (Fsp3) is 0.543. The van der Waals surface area contributed by atoms with Crippen LogP contribution in [0.15, 0.2) is 36.5 Å². The number of para-hydroxylation sites is 1. The Morgan fingerprint density at radius 2 is 1.87 bits per heavy atom. The van der Waals surface area contributed by atoms with Crippen LogP contribution in [-0.2, 0) is 11.2 Å². The Balaban J connectivity index is 0.890. The van der Waals surface area contributed by atoms with Crippen LogP contribution in [0.4, 0.5) is 9.93 Å². The standard InChI is InChI=1S/C35H43N7O3S/c1-21-30-25-15-27(24-7-5-6-8-28(24)43)38-39-31(25)37-26(30)11-14-42(21)32-36-18-29(46-32)22-9-12-40(13-10-22)23-16-35(17-23)19-41(20-35)33(44)45-34(2,3)4/h5-8,15,18,21-23,43H,9-14,16-17,19-20H2,1-4H3,(H,37,39)/t21-/m1/s1. The van der Waals surface area contributed by atoms with Crippen molar-refractivity contribution >= 4 is 33.6 Å². The topological polar surface area (TPSA) is 111 Å². The van der Waals surface area contributed by atoms with Crippen molar-refractivity contribution in [3.8, 4) is 17.0 Å². The number of carbonyl (C=O) groups is 1. The lowest BCUT2D eigenvalue weighted by molar-refractivity contribution is -0.110. The van der Waals surface area contributed by atoms with Gasteiger partial charge in [0.05, 0.1) is 11.7 Å². The van der Waals surface area contributed by atoms with Gasteiger partial charge in [0.2, 0.25) is 0 Å². The van der Waals surface area contributed by atoms with Crippen molar-refractivity contribution in [3.05, 3.63) is 52.7 Å². The highest BCUT2D eigenvalue weighted by Gasteiger charge is 2.55. The zero-order valence-corrected chi connectivity index (χ0v) is 27.9. The number of rotatable bonds is 4. The third-order valence-electron chi connectivity index (χ3n) is 10.6. The Morgan fingerprint density at radius 1 is 1.11 bits per heavy atom. The average molecular weight is 642 g/mol. The Morgan fingerprint density at radius 3 is 2.61 bits per heavy atom. The molecule has 6 heterocycles. The number of aromatic nitrogens is 4. The summed E-state index contributed by atoms with van der Waals surface area (Å²) in [6, 6.07) is 10.1. The summed E-state index contributed by atoms with van der Waals surface area (Å²) in [4.78, 5) is 29.3. The highest BCUT2D eigenvalue weighted by molar-refractivity contribution is 7.15. The van der Waals surface area contributed by atoms with Gasteiger partial charge in [-0.15, -0.1) is 21.5 Å². The minimum atomic E-state index is -0.437. The number of amides is 1. The molecule has 10 nitrogen and oxygen atoms in total. The van der Waals surface area contributed by atoms with Gasteiger partial charge in [0.25, 0.3) is 0 Å². The summed E-state index contributed by atoms with van der Waals surface area (Å²) in [6.45, 7) is 12.9. The molecule has 3 aliphatic heterocycles. The van der Waals surface area contributed by atoms with Crippen molar-refractivity contribution in [2.45, 2.75) is 83.4 Å². The van der Waals surface area contributed by atoms with Crippen molar-refractivity contribution < 1.29 is 14.6 Å². The van der Waals surface area contributed by atoms with E-state index in [4.69, 9.17) is 9.72 Å². The van der Waals surface area contributed by atoms with Crippen LogP contribution in [-0.4, -0.2) is 85.5 Å². The maximum atomic E-state index is 12.4. The number of likely N-dealkylation sites (tertiary alicyclic amines) is 2. The smallest absolute Gasteiger partial charge is 0.410 e. The van der Waals surface area contributed by atoms with E-state index in [2.05, 4.69) is 44.2 Å². The fourth-order valence-corrected chi connectivity index (χ4v) is 9.41. The van der Waals surface area contributed by atoms with Gasteiger partial charge in [0, 0.05) is 70.8 Å². The molecule has 4 aromatic rings. The van der Waals surface area contributed by atoms with Crippen LogP contribution >= 0.6 is 11.3 Å². The van der Waals surface area contributed by atoms with E-state index < -0.39 is 5.60 Å². The number of fused-ring (bicyclic) bond motifs is 3. The molecule has 0 unspecified atom stereocenters. The maximum absolute atomic E-state index is 12.4. The van der Waals surface area contributed by atoms with E-state index in [1.807, 2.05) is 55.2 Å². The van der Waals surface area contributed by atoms with Crippen LogP contribution in [0.3, 0.4) is 0 Å². The molecule has 1 amide bonds. The number of hydrogen-bond donors (Lipinski definition) is 2. The number of hydrogen-bond acceptors (Lipinski definition) is 9. The fourth-order valence-electron chi connectivity index (χ4n) is 8.22. The lowest BCUT2D eigenvalue weighted by Gasteiger charge is -2.61. The number of phenols is 1. The first-order chi connectivity index (χ1) is 22.1. The average Bonchev–Trinajstić information content (AvgIpc) is 3.61. The SMILES string of the molecule is C[C@@H]1c2c([nH]c3nnc(-c4ccccc4O)cc23)CCN1c1ncc(C2CCN(C3CC4(C3)CN(C(=O)OC(C)(C)C)C4)CC2)s1. The zero-order chi connectivity index (χ0) is 31.8. The van der Waals surface area contributed by atoms with Crippen molar-refractivity contribution in [2.75, 3.05) is 37.6 Å². The Labute approximate surface area is 273 Å². The van der Waals surface area contributed by atoms with Gasteiger partial charge < -0.3 is 29.5 Å². The van der Waals surface area contributed by atoms with Crippen molar-refractivity contribution in [1.29, 1.82) is 0 Å². The molecule has 8 rings (SSSR count). The zero-order valence-electron chi connectivity index (χ0n) is 27.1. The quantitative estimate of drug-likeness (QED) is 0.260. The van der Waals surface area contributed by atoms with Gasteiger partial charge in [-0.1, -0.05) is 12.1 Å². The number of nitrogens with one attached hydrogen (secondary N) is 1. The number of piperidine rings is 1. The summed E-state index contributed by atoms with van der Waals surface area (Å²) in [5, 5.41) is 21.5. The highest BCUT2D eigenvalue weighted by atomic mass is 32.1. The Kier molecular flexibility index (Phi) is 7.06. The molecule has 1 aromatic carbocycles. The molecule has 1 spiro atoms.